The number of hydrogen-bond donors (Lipinski definition) is 2. The molecular weight excluding hydrogens is 242 g/mol. The van der Waals surface area contributed by atoms with E-state index in [0.717, 1.165) is 11.4 Å². The lowest BCUT2D eigenvalue weighted by atomic mass is 9.99. The summed E-state index contributed by atoms with van der Waals surface area (Å²) in [6.45, 7) is 5.69. The number of carboxylic acids is 1. The molecule has 0 saturated heterocycles. The molecule has 1 aromatic heterocycles. The Morgan fingerprint density at radius 1 is 1.65 bits per heavy atom. The Morgan fingerprint density at radius 3 is 2.59 bits per heavy atom. The van der Waals surface area contributed by atoms with Gasteiger partial charge < -0.3 is 5.11 Å². The monoisotopic (exact) mass is 259 g/mol. The van der Waals surface area contributed by atoms with Gasteiger partial charge in [-0.25, -0.2) is 0 Å². The molecule has 5 nitrogen and oxygen atoms in total. The molecule has 0 aliphatic rings. The number of carbonyl (C=O) groups is 1. The van der Waals surface area contributed by atoms with E-state index in [1.54, 1.807) is 18.7 Å². The highest BCUT2D eigenvalue weighted by molar-refractivity contribution is 6.31. The van der Waals surface area contributed by atoms with Crippen LogP contribution in [0.1, 0.15) is 31.7 Å². The first-order valence-electron chi connectivity index (χ1n) is 5.48. The van der Waals surface area contributed by atoms with Gasteiger partial charge in [-0.3, -0.25) is 14.8 Å². The fourth-order valence-corrected chi connectivity index (χ4v) is 1.73. The molecule has 2 N–H and O–H groups in total. The summed E-state index contributed by atoms with van der Waals surface area (Å²) in [7, 11) is 1.79. The van der Waals surface area contributed by atoms with Gasteiger partial charge in [-0.2, -0.15) is 5.10 Å². The van der Waals surface area contributed by atoms with E-state index in [-0.39, 0.29) is 0 Å². The zero-order valence-electron chi connectivity index (χ0n) is 10.5. The molecule has 0 aromatic carbocycles. The third-order valence-corrected chi connectivity index (χ3v) is 3.58. The molecular formula is C11H18ClN3O2. The summed E-state index contributed by atoms with van der Waals surface area (Å²) >= 11 is 6.09. The van der Waals surface area contributed by atoms with Crippen LogP contribution in [0.5, 0.6) is 0 Å². The molecule has 1 atom stereocenters. The average molecular weight is 260 g/mol. The number of nitrogens with one attached hydrogen (secondary N) is 1. The zero-order chi connectivity index (χ0) is 13.2. The van der Waals surface area contributed by atoms with Crippen molar-refractivity contribution in [2.45, 2.75) is 39.3 Å². The number of aryl methyl sites for hydroxylation is 2. The maximum absolute atomic E-state index is 11.1. The van der Waals surface area contributed by atoms with E-state index in [9.17, 15) is 4.79 Å². The Kier molecular flexibility index (Phi) is 4.16. The minimum atomic E-state index is -0.943. The zero-order valence-corrected chi connectivity index (χ0v) is 11.3. The Hall–Kier alpha value is -1.07. The average Bonchev–Trinajstić information content (AvgIpc) is 2.50. The van der Waals surface area contributed by atoms with E-state index in [2.05, 4.69) is 10.4 Å². The van der Waals surface area contributed by atoms with Crippen LogP contribution in [-0.2, 0) is 18.4 Å². The van der Waals surface area contributed by atoms with Crippen molar-refractivity contribution in [1.82, 2.24) is 15.1 Å². The molecule has 17 heavy (non-hydrogen) atoms. The largest absolute Gasteiger partial charge is 0.480 e. The second kappa shape index (κ2) is 5.06. The topological polar surface area (TPSA) is 67.2 Å². The van der Waals surface area contributed by atoms with Gasteiger partial charge in [-0.15, -0.1) is 0 Å². The van der Waals surface area contributed by atoms with Crippen LogP contribution in [-0.4, -0.2) is 26.4 Å². The van der Waals surface area contributed by atoms with Crippen LogP contribution < -0.4 is 5.32 Å². The summed E-state index contributed by atoms with van der Waals surface area (Å²) in [4.78, 5) is 11.1. The van der Waals surface area contributed by atoms with Gasteiger partial charge in [-0.05, 0) is 20.3 Å². The number of nitrogens with zero attached hydrogens (tertiary/aromatic N) is 2. The predicted molar refractivity (Wildman–Crippen MR) is 66.1 cm³/mol. The molecule has 0 aliphatic carbocycles. The Bertz CT molecular complexity index is 431. The van der Waals surface area contributed by atoms with Crippen molar-refractivity contribution in [2.75, 3.05) is 0 Å². The van der Waals surface area contributed by atoms with Gasteiger partial charge in [0, 0.05) is 13.6 Å². The van der Waals surface area contributed by atoms with Crippen LogP contribution in [0.3, 0.4) is 0 Å². The van der Waals surface area contributed by atoms with Gasteiger partial charge in [0.05, 0.1) is 16.4 Å². The number of hydrogen-bond acceptors (Lipinski definition) is 3. The van der Waals surface area contributed by atoms with Gasteiger partial charge in [0.15, 0.2) is 0 Å². The summed E-state index contributed by atoms with van der Waals surface area (Å²) in [5, 5.41) is 16.9. The van der Waals surface area contributed by atoms with Crippen LogP contribution in [0.25, 0.3) is 0 Å². The summed E-state index contributed by atoms with van der Waals surface area (Å²) in [6, 6.07) is 0. The van der Waals surface area contributed by atoms with E-state index in [1.807, 2.05) is 13.8 Å². The molecule has 1 unspecified atom stereocenters. The highest BCUT2D eigenvalue weighted by Gasteiger charge is 2.30. The maximum atomic E-state index is 11.1. The van der Waals surface area contributed by atoms with Crippen LogP contribution >= 0.6 is 11.6 Å². The van der Waals surface area contributed by atoms with E-state index in [4.69, 9.17) is 16.7 Å². The SMILES string of the molecule is CCC(C)(NCc1c(Cl)c(C)nn1C)C(=O)O. The lowest BCUT2D eigenvalue weighted by Crippen LogP contribution is -2.48. The van der Waals surface area contributed by atoms with Crippen molar-refractivity contribution in [3.8, 4) is 0 Å². The van der Waals surface area contributed by atoms with E-state index < -0.39 is 11.5 Å². The second-order valence-corrected chi connectivity index (χ2v) is 4.69. The van der Waals surface area contributed by atoms with Gasteiger partial charge in [0.1, 0.15) is 5.54 Å². The number of carboxylic acid groups (broad SMARTS) is 1. The first-order chi connectivity index (χ1) is 7.81. The molecule has 0 saturated carbocycles. The van der Waals surface area contributed by atoms with Crippen LogP contribution in [0, 0.1) is 6.92 Å². The number of halogens is 1. The van der Waals surface area contributed by atoms with Crippen molar-refractivity contribution >= 4 is 17.6 Å². The highest BCUT2D eigenvalue weighted by Crippen LogP contribution is 2.20. The highest BCUT2D eigenvalue weighted by atomic mass is 35.5. The molecule has 0 radical (unpaired) electrons. The smallest absolute Gasteiger partial charge is 0.323 e. The lowest BCUT2D eigenvalue weighted by molar-refractivity contribution is -0.144. The minimum Gasteiger partial charge on any atom is -0.480 e. The predicted octanol–water partition coefficient (Wildman–Crippen LogP) is 1.72. The Labute approximate surface area is 106 Å². The lowest BCUT2D eigenvalue weighted by Gasteiger charge is -2.24. The van der Waals surface area contributed by atoms with Crippen LogP contribution in [0.15, 0.2) is 0 Å². The normalized spacial score (nSPS) is 14.6. The molecule has 1 aromatic rings. The molecule has 6 heteroatoms. The first-order valence-corrected chi connectivity index (χ1v) is 5.86. The molecule has 0 amide bonds. The molecule has 0 aliphatic heterocycles. The number of aliphatic carboxylic acids is 1. The summed E-state index contributed by atoms with van der Waals surface area (Å²) < 4.78 is 1.67. The standard InChI is InChI=1S/C11H18ClN3O2/c1-5-11(3,10(16)17)13-6-8-9(12)7(2)14-15(8)4/h13H,5-6H2,1-4H3,(H,16,17). The van der Waals surface area contributed by atoms with Crippen LogP contribution in [0.4, 0.5) is 0 Å². The second-order valence-electron chi connectivity index (χ2n) is 4.31. The van der Waals surface area contributed by atoms with Crippen molar-refractivity contribution in [3.63, 3.8) is 0 Å². The fourth-order valence-electron chi connectivity index (χ4n) is 1.50. The van der Waals surface area contributed by atoms with Gasteiger partial charge in [0.2, 0.25) is 0 Å². The maximum Gasteiger partial charge on any atom is 0.323 e. The third-order valence-electron chi connectivity index (χ3n) is 3.09. The van der Waals surface area contributed by atoms with Crippen molar-refractivity contribution in [1.29, 1.82) is 0 Å². The molecule has 0 fully saturated rings. The number of rotatable bonds is 5. The Balaban J connectivity index is 2.83. The van der Waals surface area contributed by atoms with Gasteiger partial charge >= 0.3 is 5.97 Å². The quantitative estimate of drug-likeness (QED) is 0.845. The van der Waals surface area contributed by atoms with Gasteiger partial charge in [0.25, 0.3) is 0 Å². The van der Waals surface area contributed by atoms with Crippen molar-refractivity contribution < 1.29 is 9.90 Å². The summed E-state index contributed by atoms with van der Waals surface area (Å²) in [5.74, 6) is -0.866. The first kappa shape index (κ1) is 14.0. The molecule has 1 rings (SSSR count). The van der Waals surface area contributed by atoms with Crippen molar-refractivity contribution in [2.24, 2.45) is 7.05 Å². The Morgan fingerprint density at radius 2 is 2.24 bits per heavy atom. The van der Waals surface area contributed by atoms with Gasteiger partial charge in [-0.1, -0.05) is 18.5 Å². The van der Waals surface area contributed by atoms with E-state index in [0.29, 0.717) is 18.0 Å². The molecule has 96 valence electrons. The van der Waals surface area contributed by atoms with Crippen molar-refractivity contribution in [3.05, 3.63) is 16.4 Å². The number of aromatic nitrogens is 2. The summed E-state index contributed by atoms with van der Waals surface area (Å²) in [5.41, 5.74) is 0.603. The molecule has 1 heterocycles. The van der Waals surface area contributed by atoms with E-state index in [1.165, 1.54) is 0 Å². The molecule has 0 spiro atoms. The fraction of sp³-hybridized carbons (Fsp3) is 0.636. The van der Waals surface area contributed by atoms with E-state index >= 15 is 0 Å². The van der Waals surface area contributed by atoms with Crippen LogP contribution in [0.2, 0.25) is 5.02 Å². The third kappa shape index (κ3) is 2.79. The minimum absolute atomic E-state index is 0.382. The molecule has 0 bridgehead atoms. The summed E-state index contributed by atoms with van der Waals surface area (Å²) in [6.07, 6.45) is 0.497.